The minimum atomic E-state index is -0.872. The van der Waals surface area contributed by atoms with Crippen LogP contribution in [0.4, 0.5) is 0 Å². The maximum atomic E-state index is 11.0. The molecule has 1 aliphatic rings. The molecular weight excluding hydrogens is 416 g/mol. The molecule has 0 saturated heterocycles. The van der Waals surface area contributed by atoms with Gasteiger partial charge in [0.05, 0.1) is 12.2 Å². The van der Waals surface area contributed by atoms with Crippen LogP contribution in [0, 0.1) is 11.8 Å². The number of rotatable bonds is 11. The van der Waals surface area contributed by atoms with Crippen molar-refractivity contribution in [3.05, 3.63) is 34.0 Å². The van der Waals surface area contributed by atoms with E-state index in [0.29, 0.717) is 23.6 Å². The monoisotopic (exact) mass is 446 g/mol. The van der Waals surface area contributed by atoms with E-state index in [9.17, 15) is 15.0 Å². The smallest absolute Gasteiger partial charge is 0.345 e. The number of thiophene rings is 1. The lowest BCUT2D eigenvalue weighted by molar-refractivity contribution is 0.0702. The zero-order valence-corrected chi connectivity index (χ0v) is 18.7. The Bertz CT molecular complexity index is 646. The average molecular weight is 447 g/mol. The normalized spacial score (nSPS) is 27.3. The quantitative estimate of drug-likeness (QED) is 0.224. The predicted molar refractivity (Wildman–Crippen MR) is 119 cm³/mol. The number of alkyl halides is 1. The van der Waals surface area contributed by atoms with Crippen molar-refractivity contribution in [1.82, 2.24) is 0 Å². The third kappa shape index (κ3) is 7.38. The topological polar surface area (TPSA) is 77.8 Å². The number of aryl methyl sites for hydroxylation is 1. The number of aliphatic hydroxyl groups excluding tert-OH is 2. The van der Waals surface area contributed by atoms with Gasteiger partial charge in [0, 0.05) is 15.5 Å². The second-order valence-corrected chi connectivity index (χ2v) is 10.1. The van der Waals surface area contributed by atoms with Gasteiger partial charge in [-0.2, -0.15) is 12.6 Å². The van der Waals surface area contributed by atoms with Crippen LogP contribution in [0.25, 0.3) is 0 Å². The molecule has 4 nitrogen and oxygen atoms in total. The number of allylic oxidation sites excluding steroid dienone is 1. The lowest BCUT2D eigenvalue weighted by atomic mass is 9.89. The Morgan fingerprint density at radius 1 is 1.36 bits per heavy atom. The Balaban J connectivity index is 1.84. The minimum Gasteiger partial charge on any atom is -0.477 e. The van der Waals surface area contributed by atoms with E-state index >= 15 is 0 Å². The molecule has 3 N–H and O–H groups in total. The number of carboxylic acid groups (broad SMARTS) is 1. The van der Waals surface area contributed by atoms with E-state index in [1.54, 1.807) is 13.0 Å². The van der Waals surface area contributed by atoms with Gasteiger partial charge in [-0.1, -0.05) is 12.2 Å². The van der Waals surface area contributed by atoms with Crippen LogP contribution in [0.1, 0.15) is 60.0 Å². The van der Waals surface area contributed by atoms with E-state index < -0.39 is 12.1 Å². The molecule has 0 unspecified atom stereocenters. The molecular formula is C21H31ClO4S2. The lowest BCUT2D eigenvalue weighted by Gasteiger charge is -2.21. The molecule has 0 aromatic carbocycles. The van der Waals surface area contributed by atoms with E-state index in [2.05, 4.69) is 6.08 Å². The minimum absolute atomic E-state index is 0.0717. The summed E-state index contributed by atoms with van der Waals surface area (Å²) in [7, 11) is 0. The Labute approximate surface area is 182 Å². The second kappa shape index (κ2) is 11.6. The van der Waals surface area contributed by atoms with Gasteiger partial charge in [-0.25, -0.2) is 4.79 Å². The highest BCUT2D eigenvalue weighted by Gasteiger charge is 2.38. The number of aromatic carboxylic acids is 1. The molecule has 1 aromatic heterocycles. The molecule has 6 atom stereocenters. The van der Waals surface area contributed by atoms with E-state index in [4.69, 9.17) is 29.3 Å². The molecule has 0 radical (unpaired) electrons. The fourth-order valence-corrected chi connectivity index (χ4v) is 5.89. The van der Waals surface area contributed by atoms with Gasteiger partial charge in [-0.05, 0) is 75.8 Å². The van der Waals surface area contributed by atoms with Gasteiger partial charge in [0.2, 0.25) is 0 Å². The Morgan fingerprint density at radius 3 is 2.75 bits per heavy atom. The number of thiol groups is 1. The average Bonchev–Trinajstić information content (AvgIpc) is 3.18. The summed E-state index contributed by atoms with van der Waals surface area (Å²) in [6.45, 7) is 1.76. The highest BCUT2D eigenvalue weighted by Crippen LogP contribution is 2.42. The van der Waals surface area contributed by atoms with Crippen molar-refractivity contribution < 1.29 is 20.1 Å². The van der Waals surface area contributed by atoms with Crippen molar-refractivity contribution in [1.29, 1.82) is 0 Å². The van der Waals surface area contributed by atoms with Gasteiger partial charge in [-0.3, -0.25) is 0 Å². The number of carbonyl (C=O) groups is 1. The number of halogens is 1. The van der Waals surface area contributed by atoms with Crippen molar-refractivity contribution >= 4 is 41.5 Å². The van der Waals surface area contributed by atoms with Crippen LogP contribution < -0.4 is 0 Å². The van der Waals surface area contributed by atoms with Crippen molar-refractivity contribution in [3.63, 3.8) is 0 Å². The third-order valence-corrected chi connectivity index (χ3v) is 7.57. The van der Waals surface area contributed by atoms with Crippen molar-refractivity contribution in [2.45, 2.75) is 74.7 Å². The molecule has 0 bridgehead atoms. The molecule has 0 amide bonds. The first-order valence-electron chi connectivity index (χ1n) is 9.96. The zero-order valence-electron chi connectivity index (χ0n) is 16.2. The van der Waals surface area contributed by atoms with Crippen LogP contribution in [0.2, 0.25) is 0 Å². The second-order valence-electron chi connectivity index (χ2n) is 7.76. The van der Waals surface area contributed by atoms with E-state index in [0.717, 1.165) is 37.0 Å². The number of hydrogen-bond donors (Lipinski definition) is 4. The van der Waals surface area contributed by atoms with Crippen molar-refractivity contribution in [2.24, 2.45) is 11.8 Å². The van der Waals surface area contributed by atoms with Gasteiger partial charge in [0.1, 0.15) is 4.88 Å². The van der Waals surface area contributed by atoms with Crippen LogP contribution in [-0.4, -0.2) is 44.1 Å². The number of carboxylic acids is 1. The molecule has 7 heteroatoms. The van der Waals surface area contributed by atoms with Gasteiger partial charge in [-0.15, -0.1) is 22.9 Å². The summed E-state index contributed by atoms with van der Waals surface area (Å²) in [5.41, 5.74) is 0. The largest absolute Gasteiger partial charge is 0.477 e. The van der Waals surface area contributed by atoms with Gasteiger partial charge in [0.25, 0.3) is 0 Å². The Hall–Kier alpha value is -0.530. The van der Waals surface area contributed by atoms with Gasteiger partial charge < -0.3 is 15.3 Å². The molecule has 1 heterocycles. The first-order valence-corrected chi connectivity index (χ1v) is 11.7. The first kappa shape index (κ1) is 23.7. The maximum absolute atomic E-state index is 11.0. The van der Waals surface area contributed by atoms with Gasteiger partial charge >= 0.3 is 5.97 Å². The summed E-state index contributed by atoms with van der Waals surface area (Å²) < 4.78 is 0. The van der Waals surface area contributed by atoms with Crippen molar-refractivity contribution in [3.8, 4) is 0 Å². The molecule has 2 rings (SSSR count). The van der Waals surface area contributed by atoms with Gasteiger partial charge in [0.15, 0.2) is 0 Å². The first-order chi connectivity index (χ1) is 13.3. The summed E-state index contributed by atoms with van der Waals surface area (Å²) >= 11 is 12.6. The molecule has 0 spiro atoms. The van der Waals surface area contributed by atoms with Crippen LogP contribution in [-0.2, 0) is 6.42 Å². The molecule has 1 saturated carbocycles. The summed E-state index contributed by atoms with van der Waals surface area (Å²) in [4.78, 5) is 12.5. The fourth-order valence-electron chi connectivity index (χ4n) is 3.85. The van der Waals surface area contributed by atoms with Crippen LogP contribution >= 0.6 is 35.6 Å². The molecule has 1 aromatic rings. The summed E-state index contributed by atoms with van der Waals surface area (Å²) in [6.07, 6.45) is 8.85. The third-order valence-electron chi connectivity index (χ3n) is 5.38. The standard InChI is InChI=1S/C21H31ClO4S2/c1-13(23)4-2-5-14(24)8-10-17-16(18(22)12-19(17)27)7-3-6-15-9-11-20(28-15)21(25)26/h8-11,13-14,16-19,23-24,27H,2-7,12H2,1H3,(H,25,26)/b10-8+/t13-,14+,16-,17-,18-,19-/m1/s1. The molecule has 28 heavy (non-hydrogen) atoms. The Kier molecular flexibility index (Phi) is 9.84. The predicted octanol–water partition coefficient (Wildman–Crippen LogP) is 4.78. The Morgan fingerprint density at radius 2 is 2.11 bits per heavy atom. The van der Waals surface area contributed by atoms with E-state index in [-0.39, 0.29) is 22.6 Å². The van der Waals surface area contributed by atoms with E-state index in [1.165, 1.54) is 11.3 Å². The molecule has 0 aliphatic heterocycles. The zero-order chi connectivity index (χ0) is 20.7. The van der Waals surface area contributed by atoms with Crippen LogP contribution in [0.5, 0.6) is 0 Å². The highest BCUT2D eigenvalue weighted by atomic mass is 35.5. The molecule has 1 fully saturated rings. The molecule has 158 valence electrons. The maximum Gasteiger partial charge on any atom is 0.345 e. The summed E-state index contributed by atoms with van der Waals surface area (Å²) in [5, 5.41) is 28.8. The highest BCUT2D eigenvalue weighted by molar-refractivity contribution is 7.81. The summed E-state index contributed by atoms with van der Waals surface area (Å²) in [6, 6.07) is 3.56. The SMILES string of the molecule is C[C@@H](O)CCC[C@H](O)/C=C/[C@@H]1[C@@H](CCCc2ccc(C(=O)O)s2)[C@H](Cl)C[C@H]1S. The van der Waals surface area contributed by atoms with E-state index in [1.807, 2.05) is 12.1 Å². The van der Waals surface area contributed by atoms with Crippen LogP contribution in [0.15, 0.2) is 24.3 Å². The lowest BCUT2D eigenvalue weighted by Crippen LogP contribution is -2.17. The summed E-state index contributed by atoms with van der Waals surface area (Å²) in [5.74, 6) is -0.331. The fraction of sp³-hybridized carbons (Fsp3) is 0.667. The van der Waals surface area contributed by atoms with Crippen LogP contribution in [0.3, 0.4) is 0 Å². The number of aliphatic hydroxyl groups is 2. The number of hydrogen-bond acceptors (Lipinski definition) is 5. The molecule has 1 aliphatic carbocycles. The van der Waals surface area contributed by atoms with Crippen molar-refractivity contribution in [2.75, 3.05) is 0 Å².